The molecule has 0 unspecified atom stereocenters. The Morgan fingerprint density at radius 1 is 0.947 bits per heavy atom. The van der Waals surface area contributed by atoms with Crippen molar-refractivity contribution >= 4 is 11.8 Å². The zero-order valence-corrected chi connectivity index (χ0v) is 12.9. The minimum Gasteiger partial charge on any atom is -0.355 e. The minimum atomic E-state index is -0.0901. The zero-order chi connectivity index (χ0) is 14.8. The van der Waals surface area contributed by atoms with Gasteiger partial charge in [-0.1, -0.05) is 0 Å². The molecule has 0 saturated heterocycles. The van der Waals surface area contributed by atoms with Gasteiger partial charge in [0.05, 0.1) is 6.54 Å². The average molecular weight is 272 g/mol. The molecule has 0 bridgehead atoms. The molecule has 0 aliphatic heterocycles. The lowest BCUT2D eigenvalue weighted by molar-refractivity contribution is -0.134. The molecule has 6 nitrogen and oxygen atoms in total. The molecule has 112 valence electrons. The molecule has 0 aromatic rings. The Balaban J connectivity index is 3.93. The first-order chi connectivity index (χ1) is 8.82. The molecule has 2 amide bonds. The maximum Gasteiger partial charge on any atom is 0.239 e. The van der Waals surface area contributed by atoms with Crippen molar-refractivity contribution in [3.63, 3.8) is 0 Å². The van der Waals surface area contributed by atoms with E-state index in [2.05, 4.69) is 10.2 Å². The predicted molar refractivity (Wildman–Crippen MR) is 77.0 cm³/mol. The summed E-state index contributed by atoms with van der Waals surface area (Å²) in [4.78, 5) is 28.8. The molecule has 0 aliphatic rings. The summed E-state index contributed by atoms with van der Waals surface area (Å²) < 4.78 is 0. The van der Waals surface area contributed by atoms with Gasteiger partial charge in [-0.3, -0.25) is 9.59 Å². The second-order valence-corrected chi connectivity index (χ2v) is 5.25. The van der Waals surface area contributed by atoms with Gasteiger partial charge < -0.3 is 20.0 Å². The van der Waals surface area contributed by atoms with Crippen LogP contribution in [0.4, 0.5) is 0 Å². The maximum absolute atomic E-state index is 11.7. The van der Waals surface area contributed by atoms with Crippen LogP contribution in [0.5, 0.6) is 0 Å². The monoisotopic (exact) mass is 272 g/mol. The number of rotatable bonds is 9. The number of nitrogens with zero attached hydrogens (tertiary/aromatic N) is 3. The highest BCUT2D eigenvalue weighted by molar-refractivity contribution is 5.83. The number of hydrogen-bond acceptors (Lipinski definition) is 4. The molecule has 0 rings (SSSR count). The highest BCUT2D eigenvalue weighted by atomic mass is 16.2. The molecule has 0 fully saturated rings. The van der Waals surface area contributed by atoms with Crippen molar-refractivity contribution in [2.75, 3.05) is 60.9 Å². The van der Waals surface area contributed by atoms with Crippen molar-refractivity contribution in [3.05, 3.63) is 0 Å². The van der Waals surface area contributed by atoms with Crippen LogP contribution in [0.2, 0.25) is 0 Å². The Labute approximate surface area is 116 Å². The standard InChI is InChI=1S/C13H28N4O2/c1-12(18)17(10-9-16(4)5)11-13(19)14-7-6-8-15(2)3/h6-11H2,1-5H3,(H,14,19). The van der Waals surface area contributed by atoms with Crippen molar-refractivity contribution < 1.29 is 9.59 Å². The summed E-state index contributed by atoms with van der Waals surface area (Å²) in [6.45, 7) is 4.56. The van der Waals surface area contributed by atoms with Crippen LogP contribution >= 0.6 is 0 Å². The van der Waals surface area contributed by atoms with Crippen molar-refractivity contribution in [2.24, 2.45) is 0 Å². The summed E-state index contributed by atoms with van der Waals surface area (Å²) in [5.74, 6) is -0.155. The predicted octanol–water partition coefficient (Wildman–Crippen LogP) is -0.536. The van der Waals surface area contributed by atoms with Crippen LogP contribution < -0.4 is 5.32 Å². The van der Waals surface area contributed by atoms with Crippen molar-refractivity contribution in [1.82, 2.24) is 20.0 Å². The Morgan fingerprint density at radius 3 is 2.00 bits per heavy atom. The lowest BCUT2D eigenvalue weighted by Gasteiger charge is -2.22. The van der Waals surface area contributed by atoms with Crippen molar-refractivity contribution in [2.45, 2.75) is 13.3 Å². The molecular weight excluding hydrogens is 244 g/mol. The second kappa shape index (κ2) is 9.75. The lowest BCUT2D eigenvalue weighted by Crippen LogP contribution is -2.43. The van der Waals surface area contributed by atoms with Crippen LogP contribution in [0.15, 0.2) is 0 Å². The fourth-order valence-electron chi connectivity index (χ4n) is 1.52. The summed E-state index contributed by atoms with van der Waals surface area (Å²) >= 11 is 0. The van der Waals surface area contributed by atoms with Gasteiger partial charge in [-0.2, -0.15) is 0 Å². The Kier molecular flexibility index (Phi) is 9.16. The summed E-state index contributed by atoms with van der Waals surface area (Å²) in [5.41, 5.74) is 0. The van der Waals surface area contributed by atoms with Gasteiger partial charge in [-0.15, -0.1) is 0 Å². The fraction of sp³-hybridized carbons (Fsp3) is 0.846. The Hall–Kier alpha value is -1.14. The number of hydrogen-bond donors (Lipinski definition) is 1. The van der Waals surface area contributed by atoms with Crippen LogP contribution in [-0.4, -0.2) is 87.4 Å². The lowest BCUT2D eigenvalue weighted by atomic mass is 10.3. The van der Waals surface area contributed by atoms with E-state index >= 15 is 0 Å². The Morgan fingerprint density at radius 2 is 1.53 bits per heavy atom. The van der Waals surface area contributed by atoms with Crippen LogP contribution in [0, 0.1) is 0 Å². The average Bonchev–Trinajstić information content (AvgIpc) is 2.29. The molecule has 0 spiro atoms. The van der Waals surface area contributed by atoms with Gasteiger partial charge in [0.1, 0.15) is 0 Å². The summed E-state index contributed by atoms with van der Waals surface area (Å²) in [6, 6.07) is 0. The number of carbonyl (C=O) groups is 2. The van der Waals surface area contributed by atoms with E-state index in [0.29, 0.717) is 13.1 Å². The van der Waals surface area contributed by atoms with E-state index in [1.807, 2.05) is 33.1 Å². The molecule has 0 atom stereocenters. The first-order valence-corrected chi connectivity index (χ1v) is 6.64. The van der Waals surface area contributed by atoms with Crippen LogP contribution in [0.3, 0.4) is 0 Å². The van der Waals surface area contributed by atoms with Gasteiger partial charge >= 0.3 is 0 Å². The summed E-state index contributed by atoms with van der Waals surface area (Å²) in [5, 5.41) is 2.84. The number of likely N-dealkylation sites (N-methyl/N-ethyl adjacent to an activating group) is 1. The van der Waals surface area contributed by atoms with Gasteiger partial charge in [0.2, 0.25) is 11.8 Å². The van der Waals surface area contributed by atoms with E-state index in [-0.39, 0.29) is 18.4 Å². The highest BCUT2D eigenvalue weighted by Gasteiger charge is 2.13. The summed E-state index contributed by atoms with van der Waals surface area (Å²) in [7, 11) is 7.89. The highest BCUT2D eigenvalue weighted by Crippen LogP contribution is 1.91. The number of carbonyl (C=O) groups excluding carboxylic acids is 2. The minimum absolute atomic E-state index is 0.0645. The van der Waals surface area contributed by atoms with Gasteiger partial charge in [0.25, 0.3) is 0 Å². The number of amides is 2. The van der Waals surface area contributed by atoms with E-state index in [1.165, 1.54) is 6.92 Å². The molecule has 19 heavy (non-hydrogen) atoms. The molecule has 0 aromatic heterocycles. The largest absolute Gasteiger partial charge is 0.355 e. The molecular formula is C13H28N4O2. The molecule has 1 N–H and O–H groups in total. The quantitative estimate of drug-likeness (QED) is 0.573. The van der Waals surface area contributed by atoms with Gasteiger partial charge in [-0.05, 0) is 41.2 Å². The first kappa shape index (κ1) is 17.9. The second-order valence-electron chi connectivity index (χ2n) is 5.25. The fourth-order valence-corrected chi connectivity index (χ4v) is 1.52. The zero-order valence-electron chi connectivity index (χ0n) is 12.9. The summed E-state index contributed by atoms with van der Waals surface area (Å²) in [6.07, 6.45) is 0.913. The molecule has 6 heteroatoms. The third kappa shape index (κ3) is 10.5. The molecule has 0 aliphatic carbocycles. The van der Waals surface area contributed by atoms with E-state index < -0.39 is 0 Å². The van der Waals surface area contributed by atoms with Gasteiger partial charge in [0, 0.05) is 26.6 Å². The van der Waals surface area contributed by atoms with Crippen LogP contribution in [0.1, 0.15) is 13.3 Å². The van der Waals surface area contributed by atoms with Crippen molar-refractivity contribution in [1.29, 1.82) is 0 Å². The van der Waals surface area contributed by atoms with Crippen molar-refractivity contribution in [3.8, 4) is 0 Å². The molecule has 0 saturated carbocycles. The maximum atomic E-state index is 11.7. The van der Waals surface area contributed by atoms with Gasteiger partial charge in [0.15, 0.2) is 0 Å². The smallest absolute Gasteiger partial charge is 0.239 e. The normalized spacial score (nSPS) is 10.9. The topological polar surface area (TPSA) is 55.9 Å². The third-order valence-corrected chi connectivity index (χ3v) is 2.70. The number of nitrogens with one attached hydrogen (secondary N) is 1. The van der Waals surface area contributed by atoms with E-state index in [1.54, 1.807) is 4.90 Å². The van der Waals surface area contributed by atoms with Crippen LogP contribution in [0.25, 0.3) is 0 Å². The van der Waals surface area contributed by atoms with Crippen LogP contribution in [-0.2, 0) is 9.59 Å². The van der Waals surface area contributed by atoms with Gasteiger partial charge in [-0.25, -0.2) is 0 Å². The Bertz CT molecular complexity index is 280. The van der Waals surface area contributed by atoms with E-state index in [9.17, 15) is 9.59 Å². The molecule has 0 aromatic carbocycles. The third-order valence-electron chi connectivity index (χ3n) is 2.70. The SMILES string of the molecule is CC(=O)N(CCN(C)C)CC(=O)NCCCN(C)C. The van der Waals surface area contributed by atoms with E-state index in [4.69, 9.17) is 0 Å². The molecule has 0 heterocycles. The van der Waals surface area contributed by atoms with E-state index in [0.717, 1.165) is 19.5 Å². The first-order valence-electron chi connectivity index (χ1n) is 6.64. The molecule has 0 radical (unpaired) electrons.